The summed E-state index contributed by atoms with van der Waals surface area (Å²) in [6.07, 6.45) is 0. The second-order valence-electron chi connectivity index (χ2n) is 18.3. The Kier molecular flexibility index (Phi) is 8.36. The van der Waals surface area contributed by atoms with E-state index in [-0.39, 0.29) is 5.41 Å². The summed E-state index contributed by atoms with van der Waals surface area (Å²) in [6, 6.07) is 86.0. The van der Waals surface area contributed by atoms with Crippen LogP contribution in [0.5, 0.6) is 0 Å². The Bertz CT molecular complexity index is 3820. The Morgan fingerprint density at radius 1 is 0.231 bits per heavy atom. The highest BCUT2D eigenvalue weighted by Crippen LogP contribution is 2.52. The highest BCUT2D eigenvalue weighted by atomic mass is 14.4. The van der Waals surface area contributed by atoms with E-state index in [0.29, 0.717) is 0 Å². The van der Waals surface area contributed by atoms with E-state index in [1.165, 1.54) is 132 Å². The molecule has 0 heteroatoms. The molecule has 12 aromatic carbocycles. The lowest BCUT2D eigenvalue weighted by molar-refractivity contribution is 0.660. The minimum Gasteiger partial charge on any atom is -0.0622 e. The molecular weight excluding hydrogens is 781 g/mol. The van der Waals surface area contributed by atoms with Gasteiger partial charge in [-0.3, -0.25) is 0 Å². The number of fused-ring (bicyclic) bond motifs is 8. The lowest BCUT2D eigenvalue weighted by atomic mass is 9.80. The summed E-state index contributed by atoms with van der Waals surface area (Å²) in [6.45, 7) is 4.76. The number of rotatable bonds is 5. The molecule has 0 aromatic heterocycles. The first-order valence-electron chi connectivity index (χ1n) is 22.8. The van der Waals surface area contributed by atoms with Crippen molar-refractivity contribution in [2.45, 2.75) is 19.3 Å². The van der Waals surface area contributed by atoms with Crippen molar-refractivity contribution in [1.82, 2.24) is 0 Å². The van der Waals surface area contributed by atoms with Gasteiger partial charge in [-0.2, -0.15) is 0 Å². The Hall–Kier alpha value is -8.06. The van der Waals surface area contributed by atoms with Crippen LogP contribution in [-0.2, 0) is 5.41 Å². The minimum atomic E-state index is -0.109. The summed E-state index contributed by atoms with van der Waals surface area (Å²) in [5, 5.41) is 12.6. The minimum absolute atomic E-state index is 0.109. The first kappa shape index (κ1) is 37.5. The molecule has 0 saturated heterocycles. The van der Waals surface area contributed by atoms with Gasteiger partial charge in [0.05, 0.1) is 0 Å². The lowest BCUT2D eigenvalue weighted by Crippen LogP contribution is -2.14. The average Bonchev–Trinajstić information content (AvgIpc) is 3.59. The first-order valence-corrected chi connectivity index (χ1v) is 22.8. The molecule has 0 nitrogen and oxygen atoms in total. The van der Waals surface area contributed by atoms with Crippen LogP contribution < -0.4 is 0 Å². The molecule has 1 aliphatic carbocycles. The van der Waals surface area contributed by atoms with E-state index in [2.05, 4.69) is 244 Å². The molecule has 12 aromatic rings. The van der Waals surface area contributed by atoms with Crippen molar-refractivity contribution in [2.24, 2.45) is 0 Å². The third-order valence-electron chi connectivity index (χ3n) is 14.5. The van der Waals surface area contributed by atoms with Gasteiger partial charge in [0.2, 0.25) is 0 Å². The predicted octanol–water partition coefficient (Wildman–Crippen LogP) is 18.1. The molecule has 0 unspecified atom stereocenters. The molecule has 0 heterocycles. The van der Waals surface area contributed by atoms with Crippen molar-refractivity contribution < 1.29 is 0 Å². The molecule has 0 aliphatic heterocycles. The van der Waals surface area contributed by atoms with Crippen LogP contribution in [0.25, 0.3) is 121 Å². The van der Waals surface area contributed by atoms with Crippen LogP contribution >= 0.6 is 0 Å². The van der Waals surface area contributed by atoms with Crippen LogP contribution in [0, 0.1) is 0 Å². The normalized spacial score (nSPS) is 12.9. The van der Waals surface area contributed by atoms with E-state index < -0.39 is 0 Å². The third kappa shape index (κ3) is 5.70. The van der Waals surface area contributed by atoms with Gasteiger partial charge in [-0.15, -0.1) is 0 Å². The van der Waals surface area contributed by atoms with E-state index in [1.807, 2.05) is 0 Å². The summed E-state index contributed by atoms with van der Waals surface area (Å²) >= 11 is 0. The zero-order chi connectivity index (χ0) is 43.2. The fourth-order valence-electron chi connectivity index (χ4n) is 11.5. The fraction of sp³-hybridized carbons (Fsp3) is 0.0462. The molecule has 0 saturated carbocycles. The average molecular weight is 825 g/mol. The van der Waals surface area contributed by atoms with Gasteiger partial charge in [0, 0.05) is 5.41 Å². The summed E-state index contributed by atoms with van der Waals surface area (Å²) in [5.41, 5.74) is 17.8. The molecule has 304 valence electrons. The van der Waals surface area contributed by atoms with E-state index in [1.54, 1.807) is 0 Å². The highest BCUT2D eigenvalue weighted by molar-refractivity contribution is 6.24. The van der Waals surface area contributed by atoms with E-state index in [4.69, 9.17) is 0 Å². The lowest BCUT2D eigenvalue weighted by Gasteiger charge is -2.23. The summed E-state index contributed by atoms with van der Waals surface area (Å²) in [5.74, 6) is 0. The Morgan fingerprint density at radius 3 is 1.23 bits per heavy atom. The molecule has 0 N–H and O–H groups in total. The van der Waals surface area contributed by atoms with E-state index in [9.17, 15) is 0 Å². The van der Waals surface area contributed by atoms with Gasteiger partial charge in [-0.05, 0) is 144 Å². The second kappa shape index (κ2) is 14.5. The highest BCUT2D eigenvalue weighted by Gasteiger charge is 2.35. The predicted molar refractivity (Wildman–Crippen MR) is 279 cm³/mol. The maximum Gasteiger partial charge on any atom is 0.0159 e. The Labute approximate surface area is 379 Å². The van der Waals surface area contributed by atoms with Gasteiger partial charge in [0.1, 0.15) is 0 Å². The van der Waals surface area contributed by atoms with E-state index >= 15 is 0 Å². The molecule has 0 radical (unpaired) electrons. The summed E-state index contributed by atoms with van der Waals surface area (Å²) < 4.78 is 0. The topological polar surface area (TPSA) is 0 Å². The van der Waals surface area contributed by atoms with Crippen molar-refractivity contribution >= 4 is 53.9 Å². The molecule has 0 bridgehead atoms. The second-order valence-corrected chi connectivity index (χ2v) is 18.3. The summed E-state index contributed by atoms with van der Waals surface area (Å²) in [4.78, 5) is 0. The van der Waals surface area contributed by atoms with Crippen LogP contribution in [0.3, 0.4) is 0 Å². The van der Waals surface area contributed by atoms with Crippen LogP contribution in [0.2, 0.25) is 0 Å². The SMILES string of the molecule is CC1(C)c2ccccc2-c2ccc(-c3c4ccccc4c(-c4ccc(-c5c6ccccc6c(-c6ccccc6)c6ccccc56)cc4)c4ccc(-c5cccc6ccccc56)cc34)cc21. The molecule has 13 rings (SSSR count). The largest absolute Gasteiger partial charge is 0.0622 e. The number of hydrogen-bond acceptors (Lipinski definition) is 0. The van der Waals surface area contributed by atoms with Gasteiger partial charge in [-0.25, -0.2) is 0 Å². The molecule has 0 spiro atoms. The molecule has 1 aliphatic rings. The zero-order valence-corrected chi connectivity index (χ0v) is 36.4. The van der Waals surface area contributed by atoms with Crippen LogP contribution in [-0.4, -0.2) is 0 Å². The monoisotopic (exact) mass is 824 g/mol. The smallest absolute Gasteiger partial charge is 0.0159 e. The van der Waals surface area contributed by atoms with Gasteiger partial charge >= 0.3 is 0 Å². The summed E-state index contributed by atoms with van der Waals surface area (Å²) in [7, 11) is 0. The zero-order valence-electron chi connectivity index (χ0n) is 36.4. The molecule has 0 fully saturated rings. The van der Waals surface area contributed by atoms with Gasteiger partial charge in [0.15, 0.2) is 0 Å². The molecule has 0 atom stereocenters. The first-order chi connectivity index (χ1) is 32.0. The number of hydrogen-bond donors (Lipinski definition) is 0. The Morgan fingerprint density at radius 2 is 0.631 bits per heavy atom. The van der Waals surface area contributed by atoms with Crippen molar-refractivity contribution in [3.05, 3.63) is 242 Å². The van der Waals surface area contributed by atoms with Crippen molar-refractivity contribution in [3.8, 4) is 66.8 Å². The molecule has 65 heavy (non-hydrogen) atoms. The van der Waals surface area contributed by atoms with Crippen LogP contribution in [0.1, 0.15) is 25.0 Å². The van der Waals surface area contributed by atoms with Crippen LogP contribution in [0.15, 0.2) is 231 Å². The van der Waals surface area contributed by atoms with Gasteiger partial charge in [-0.1, -0.05) is 232 Å². The van der Waals surface area contributed by atoms with E-state index in [0.717, 1.165) is 0 Å². The quantitative estimate of drug-likeness (QED) is 0.152. The fourth-order valence-corrected chi connectivity index (χ4v) is 11.5. The third-order valence-corrected chi connectivity index (χ3v) is 14.5. The Balaban J connectivity index is 1.05. The van der Waals surface area contributed by atoms with Gasteiger partial charge < -0.3 is 0 Å². The maximum absolute atomic E-state index is 2.49. The van der Waals surface area contributed by atoms with Crippen molar-refractivity contribution in [3.63, 3.8) is 0 Å². The van der Waals surface area contributed by atoms with Crippen molar-refractivity contribution in [2.75, 3.05) is 0 Å². The standard InChI is InChI=1S/C65H44/c1-65(2)59-30-15-14-22-49(59)50-37-36-46(40-60(50)65)64-56-28-13-12-27-55(56)63(57-38-35-45(39-58(57)64)48-29-16-20-41-17-6-7-21-47(41)48)44-33-31-43(32-34-44)62-53-25-10-8-23-51(53)61(42-18-4-3-5-19-42)52-24-9-11-26-54(52)62/h3-40H,1-2H3. The molecular formula is C65H44. The number of benzene rings is 12. The van der Waals surface area contributed by atoms with Crippen molar-refractivity contribution in [1.29, 1.82) is 0 Å². The van der Waals surface area contributed by atoms with Crippen LogP contribution in [0.4, 0.5) is 0 Å². The van der Waals surface area contributed by atoms with Gasteiger partial charge in [0.25, 0.3) is 0 Å². The maximum atomic E-state index is 2.49. The molecule has 0 amide bonds.